The van der Waals surface area contributed by atoms with Gasteiger partial charge in [0.2, 0.25) is 5.91 Å². The van der Waals surface area contributed by atoms with Crippen molar-refractivity contribution in [2.45, 2.75) is 24.9 Å². The molecule has 0 saturated carbocycles. The van der Waals surface area contributed by atoms with Crippen molar-refractivity contribution in [2.75, 3.05) is 30.8 Å². The van der Waals surface area contributed by atoms with E-state index < -0.39 is 11.4 Å². The van der Waals surface area contributed by atoms with Crippen molar-refractivity contribution in [1.29, 1.82) is 0 Å². The van der Waals surface area contributed by atoms with Crippen molar-refractivity contribution in [3.63, 3.8) is 0 Å². The molecule has 2 aromatic rings. The Labute approximate surface area is 175 Å². The molecular formula is C21H25ClFN3O3. The molecule has 1 aliphatic rings. The molecule has 156 valence electrons. The zero-order valence-electron chi connectivity index (χ0n) is 16.2. The maximum atomic E-state index is 14.1. The van der Waals surface area contributed by atoms with Crippen molar-refractivity contribution in [2.24, 2.45) is 0 Å². The van der Waals surface area contributed by atoms with Gasteiger partial charge < -0.3 is 20.7 Å². The highest BCUT2D eigenvalue weighted by atomic mass is 35.5. The van der Waals surface area contributed by atoms with Crippen molar-refractivity contribution in [3.05, 3.63) is 59.9 Å². The van der Waals surface area contributed by atoms with Gasteiger partial charge in [0, 0.05) is 12.8 Å². The summed E-state index contributed by atoms with van der Waals surface area (Å²) in [6.07, 6.45) is 1.24. The minimum atomic E-state index is -0.906. The summed E-state index contributed by atoms with van der Waals surface area (Å²) in [5.41, 5.74) is 0.348. The van der Waals surface area contributed by atoms with Gasteiger partial charge >= 0.3 is 0 Å². The van der Waals surface area contributed by atoms with Crippen molar-refractivity contribution < 1.29 is 18.7 Å². The molecule has 2 amide bonds. The summed E-state index contributed by atoms with van der Waals surface area (Å²) in [5, 5.41) is 8.55. The Balaban J connectivity index is 0.00000300. The number of benzene rings is 2. The first-order chi connectivity index (χ1) is 13.5. The van der Waals surface area contributed by atoms with Gasteiger partial charge in [0.1, 0.15) is 11.4 Å². The Morgan fingerprint density at radius 3 is 2.45 bits per heavy atom. The lowest BCUT2D eigenvalue weighted by Gasteiger charge is -2.34. The monoisotopic (exact) mass is 421 g/mol. The number of rotatable bonds is 6. The summed E-state index contributed by atoms with van der Waals surface area (Å²) in [5.74, 6) is -1.17. The van der Waals surface area contributed by atoms with Crippen molar-refractivity contribution in [3.8, 4) is 0 Å². The van der Waals surface area contributed by atoms with Crippen LogP contribution in [0.3, 0.4) is 0 Å². The summed E-state index contributed by atoms with van der Waals surface area (Å²) in [6, 6.07) is 13.3. The SMILES string of the molecule is COC1(C(=O)Nc2ccc(F)c(NC(=O)Cc3ccccc3)c2)CCNCC1.Cl. The zero-order valence-corrected chi connectivity index (χ0v) is 17.0. The summed E-state index contributed by atoms with van der Waals surface area (Å²) < 4.78 is 19.6. The van der Waals surface area contributed by atoms with Gasteiger partial charge in [0.15, 0.2) is 0 Å². The number of nitrogens with one attached hydrogen (secondary N) is 3. The van der Waals surface area contributed by atoms with Crippen LogP contribution in [0.5, 0.6) is 0 Å². The fourth-order valence-electron chi connectivity index (χ4n) is 3.27. The lowest BCUT2D eigenvalue weighted by molar-refractivity contribution is -0.140. The van der Waals surface area contributed by atoms with E-state index in [0.29, 0.717) is 31.6 Å². The highest BCUT2D eigenvalue weighted by Gasteiger charge is 2.39. The van der Waals surface area contributed by atoms with Gasteiger partial charge in [-0.25, -0.2) is 4.39 Å². The van der Waals surface area contributed by atoms with E-state index in [0.717, 1.165) is 5.56 Å². The number of methoxy groups -OCH3 is 1. The van der Waals surface area contributed by atoms with Crippen LogP contribution in [0.25, 0.3) is 0 Å². The van der Waals surface area contributed by atoms with E-state index in [1.165, 1.54) is 25.3 Å². The van der Waals surface area contributed by atoms with Crippen LogP contribution < -0.4 is 16.0 Å². The highest BCUT2D eigenvalue weighted by Crippen LogP contribution is 2.26. The normalized spacial score (nSPS) is 15.1. The molecule has 1 heterocycles. The molecule has 0 bridgehead atoms. The molecule has 6 nitrogen and oxygen atoms in total. The Bertz CT molecular complexity index is 842. The molecule has 1 aliphatic heterocycles. The Morgan fingerprint density at radius 2 is 1.79 bits per heavy atom. The van der Waals surface area contributed by atoms with E-state index >= 15 is 0 Å². The molecule has 8 heteroatoms. The van der Waals surface area contributed by atoms with Gasteiger partial charge in [-0.05, 0) is 49.7 Å². The average Bonchev–Trinajstić information content (AvgIpc) is 2.71. The fourth-order valence-corrected chi connectivity index (χ4v) is 3.27. The van der Waals surface area contributed by atoms with Gasteiger partial charge in [-0.15, -0.1) is 12.4 Å². The van der Waals surface area contributed by atoms with Gasteiger partial charge in [0.05, 0.1) is 12.1 Å². The molecule has 0 atom stereocenters. The van der Waals surface area contributed by atoms with E-state index in [-0.39, 0.29) is 36.3 Å². The first kappa shape index (κ1) is 22.8. The number of halogens is 2. The second kappa shape index (κ2) is 10.3. The third-order valence-corrected chi connectivity index (χ3v) is 4.92. The van der Waals surface area contributed by atoms with Crippen molar-refractivity contribution in [1.82, 2.24) is 5.32 Å². The quantitative estimate of drug-likeness (QED) is 0.669. The molecule has 2 aromatic carbocycles. The number of carbonyl (C=O) groups excluding carboxylic acids is 2. The molecule has 3 rings (SSSR count). The summed E-state index contributed by atoms with van der Waals surface area (Å²) in [4.78, 5) is 25.0. The topological polar surface area (TPSA) is 79.5 Å². The standard InChI is InChI=1S/C21H24FN3O3.ClH/c1-28-21(9-11-23-12-10-21)20(27)24-16-7-8-17(22)18(14-16)25-19(26)13-15-5-3-2-4-6-15;/h2-8,14,23H,9-13H2,1H3,(H,24,27)(H,25,26);1H. The summed E-state index contributed by atoms with van der Waals surface area (Å²) in [7, 11) is 1.52. The molecule has 1 saturated heterocycles. The van der Waals surface area contributed by atoms with E-state index in [1.807, 2.05) is 30.3 Å². The van der Waals surface area contributed by atoms with Crippen molar-refractivity contribution >= 4 is 35.6 Å². The lowest BCUT2D eigenvalue weighted by atomic mass is 9.91. The average molecular weight is 422 g/mol. The van der Waals surface area contributed by atoms with Gasteiger partial charge in [0.25, 0.3) is 5.91 Å². The Hall–Kier alpha value is -2.48. The molecule has 3 N–H and O–H groups in total. The maximum absolute atomic E-state index is 14.1. The van der Waals surface area contributed by atoms with Gasteiger partial charge in [-0.3, -0.25) is 9.59 Å². The number of ether oxygens (including phenoxy) is 1. The van der Waals surface area contributed by atoms with Crippen LogP contribution in [0.15, 0.2) is 48.5 Å². The molecule has 0 radical (unpaired) electrons. The second-order valence-corrected chi connectivity index (χ2v) is 6.81. The largest absolute Gasteiger partial charge is 0.368 e. The minimum Gasteiger partial charge on any atom is -0.368 e. The number of hydrogen-bond acceptors (Lipinski definition) is 4. The molecule has 0 aromatic heterocycles. The van der Waals surface area contributed by atoms with Crippen LogP contribution in [-0.4, -0.2) is 37.6 Å². The third-order valence-electron chi connectivity index (χ3n) is 4.92. The summed E-state index contributed by atoms with van der Waals surface area (Å²) in [6.45, 7) is 1.37. The van der Waals surface area contributed by atoms with Crippen LogP contribution in [0.4, 0.5) is 15.8 Å². The first-order valence-corrected chi connectivity index (χ1v) is 9.23. The van der Waals surface area contributed by atoms with E-state index in [9.17, 15) is 14.0 Å². The van der Waals surface area contributed by atoms with Crippen LogP contribution in [0, 0.1) is 5.82 Å². The lowest BCUT2D eigenvalue weighted by Crippen LogP contribution is -2.51. The number of carbonyl (C=O) groups is 2. The van der Waals surface area contributed by atoms with Crippen LogP contribution in [0.1, 0.15) is 18.4 Å². The number of hydrogen-bond donors (Lipinski definition) is 3. The van der Waals surface area contributed by atoms with E-state index in [1.54, 1.807) is 0 Å². The second-order valence-electron chi connectivity index (χ2n) is 6.81. The third kappa shape index (κ3) is 5.76. The molecule has 0 unspecified atom stereocenters. The number of piperidine rings is 1. The van der Waals surface area contributed by atoms with Crippen LogP contribution >= 0.6 is 12.4 Å². The minimum absolute atomic E-state index is 0. The zero-order chi connectivity index (χ0) is 20.0. The van der Waals surface area contributed by atoms with Gasteiger partial charge in [-0.1, -0.05) is 30.3 Å². The Morgan fingerprint density at radius 1 is 1.10 bits per heavy atom. The van der Waals surface area contributed by atoms with Crippen LogP contribution in [-0.2, 0) is 20.7 Å². The molecule has 0 spiro atoms. The Kier molecular flexibility index (Phi) is 8.13. The fraction of sp³-hybridized carbons (Fsp3) is 0.333. The highest BCUT2D eigenvalue weighted by molar-refractivity contribution is 5.98. The molecular weight excluding hydrogens is 397 g/mol. The number of amides is 2. The number of anilines is 2. The van der Waals surface area contributed by atoms with Gasteiger partial charge in [-0.2, -0.15) is 0 Å². The maximum Gasteiger partial charge on any atom is 0.256 e. The van der Waals surface area contributed by atoms with E-state index in [2.05, 4.69) is 16.0 Å². The predicted molar refractivity (Wildman–Crippen MR) is 113 cm³/mol. The van der Waals surface area contributed by atoms with E-state index in [4.69, 9.17) is 4.74 Å². The van der Waals surface area contributed by atoms with Crippen LogP contribution in [0.2, 0.25) is 0 Å². The first-order valence-electron chi connectivity index (χ1n) is 9.23. The molecule has 1 fully saturated rings. The molecule has 29 heavy (non-hydrogen) atoms. The smallest absolute Gasteiger partial charge is 0.256 e. The predicted octanol–water partition coefficient (Wildman–Crippen LogP) is 3.14. The molecule has 0 aliphatic carbocycles. The summed E-state index contributed by atoms with van der Waals surface area (Å²) >= 11 is 0.